The number of rotatable bonds is 14. The molecule has 4 aliphatic rings. The summed E-state index contributed by atoms with van der Waals surface area (Å²) in [7, 11) is 0. The zero-order chi connectivity index (χ0) is 40.8. The van der Waals surface area contributed by atoms with Crippen LogP contribution in [0.1, 0.15) is 84.6 Å². The second-order valence-electron chi connectivity index (χ2n) is 15.5. The fraction of sp³-hybridized carbons (Fsp3) is 0.435. The van der Waals surface area contributed by atoms with Crippen LogP contribution in [0, 0.1) is 13.8 Å². The van der Waals surface area contributed by atoms with Crippen molar-refractivity contribution in [2.24, 2.45) is 0 Å². The molecule has 0 aliphatic carbocycles. The maximum Gasteiger partial charge on any atom is 0.220 e. The summed E-state index contributed by atoms with van der Waals surface area (Å²) in [6.45, 7) is 25.9. The van der Waals surface area contributed by atoms with Gasteiger partial charge in [0.15, 0.2) is 0 Å². The fourth-order valence-electron chi connectivity index (χ4n) is 8.31. The SMILES string of the molecule is C=Cc1c(C)c2cc3[nH]c(cc4nc(cc5nc(cc1[nH]2)C(C)=C5CCC(=O)NCCN1CCOCC1)C(CCC(=O)NCCN1CCOCC1)=C4C)c(C)c3C=C. The van der Waals surface area contributed by atoms with E-state index in [1.807, 2.05) is 18.2 Å². The predicted octanol–water partition coefficient (Wildman–Crippen LogP) is 6.54. The number of carbonyl (C=O) groups is 2. The van der Waals surface area contributed by atoms with Gasteiger partial charge in [-0.15, -0.1) is 0 Å². The normalized spacial score (nSPS) is 16.5. The third-order valence-electron chi connectivity index (χ3n) is 12.0. The number of H-pyrrole nitrogens is 2. The summed E-state index contributed by atoms with van der Waals surface area (Å²) >= 11 is 0. The van der Waals surface area contributed by atoms with Crippen molar-refractivity contribution in [3.05, 3.63) is 82.5 Å². The minimum atomic E-state index is 0.0109. The number of ether oxygens (including phenoxy) is 2. The average Bonchev–Trinajstić information content (AvgIpc) is 3.89. The number of nitrogens with one attached hydrogen (secondary N) is 4. The van der Waals surface area contributed by atoms with E-state index in [1.165, 1.54) is 0 Å². The highest BCUT2D eigenvalue weighted by molar-refractivity contribution is 5.97. The van der Waals surface area contributed by atoms with Gasteiger partial charge in [-0.05, 0) is 98.2 Å². The average molecular weight is 787 g/mol. The van der Waals surface area contributed by atoms with Crippen LogP contribution in [0.25, 0.3) is 56.5 Å². The predicted molar refractivity (Wildman–Crippen MR) is 235 cm³/mol. The summed E-state index contributed by atoms with van der Waals surface area (Å²) in [5.41, 5.74) is 15.2. The molecule has 4 aliphatic heterocycles. The lowest BCUT2D eigenvalue weighted by molar-refractivity contribution is -0.121. The Morgan fingerprint density at radius 3 is 1.50 bits per heavy atom. The highest BCUT2D eigenvalue weighted by atomic mass is 16.5. The summed E-state index contributed by atoms with van der Waals surface area (Å²) in [5, 5.41) is 6.26. The van der Waals surface area contributed by atoms with Crippen molar-refractivity contribution in [1.29, 1.82) is 0 Å². The fourth-order valence-corrected chi connectivity index (χ4v) is 8.31. The number of allylic oxidation sites excluding steroid dienone is 4. The minimum absolute atomic E-state index is 0.0109. The van der Waals surface area contributed by atoms with Crippen molar-refractivity contribution in [2.45, 2.75) is 53.4 Å². The summed E-state index contributed by atoms with van der Waals surface area (Å²) in [6.07, 6.45) is 5.48. The van der Waals surface area contributed by atoms with Crippen LogP contribution in [-0.2, 0) is 19.1 Å². The van der Waals surface area contributed by atoms with Gasteiger partial charge in [0.05, 0.1) is 49.2 Å². The first-order chi connectivity index (χ1) is 28.1. The Morgan fingerprint density at radius 1 is 0.638 bits per heavy atom. The van der Waals surface area contributed by atoms with E-state index in [-0.39, 0.29) is 11.8 Å². The van der Waals surface area contributed by atoms with Crippen LogP contribution < -0.4 is 10.6 Å². The number of fused-ring (bicyclic) bond motifs is 8. The van der Waals surface area contributed by atoms with Crippen LogP contribution >= 0.6 is 0 Å². The molecule has 2 saturated heterocycles. The lowest BCUT2D eigenvalue weighted by Gasteiger charge is -2.26. The Morgan fingerprint density at radius 2 is 1.05 bits per heavy atom. The quantitative estimate of drug-likeness (QED) is 0.145. The molecule has 4 N–H and O–H groups in total. The molecule has 12 heteroatoms. The van der Waals surface area contributed by atoms with E-state index in [0.717, 1.165) is 155 Å². The van der Waals surface area contributed by atoms with Gasteiger partial charge < -0.3 is 30.1 Å². The first-order valence-electron chi connectivity index (χ1n) is 20.7. The molecule has 306 valence electrons. The van der Waals surface area contributed by atoms with Gasteiger partial charge in [-0.25, -0.2) is 9.97 Å². The van der Waals surface area contributed by atoms with E-state index >= 15 is 0 Å². The molecule has 0 spiro atoms. The zero-order valence-electron chi connectivity index (χ0n) is 34.6. The van der Waals surface area contributed by atoms with E-state index in [1.54, 1.807) is 0 Å². The van der Waals surface area contributed by atoms with Crippen molar-refractivity contribution in [3.63, 3.8) is 0 Å². The van der Waals surface area contributed by atoms with Gasteiger partial charge in [-0.3, -0.25) is 19.4 Å². The number of hydrogen-bond donors (Lipinski definition) is 4. The Balaban J connectivity index is 1.26. The molecule has 0 saturated carbocycles. The van der Waals surface area contributed by atoms with Crippen LogP contribution in [0.5, 0.6) is 0 Å². The molecule has 2 amide bonds. The molecule has 3 aromatic heterocycles. The molecular weight excluding hydrogens is 729 g/mol. The monoisotopic (exact) mass is 786 g/mol. The van der Waals surface area contributed by atoms with E-state index in [9.17, 15) is 9.59 Å². The number of nitrogens with zero attached hydrogens (tertiary/aromatic N) is 4. The maximum atomic E-state index is 13.2. The molecule has 7 heterocycles. The molecule has 0 unspecified atom stereocenters. The molecule has 0 radical (unpaired) electrons. The Labute approximate surface area is 341 Å². The molecule has 3 aromatic rings. The largest absolute Gasteiger partial charge is 0.379 e. The van der Waals surface area contributed by atoms with E-state index < -0.39 is 0 Å². The van der Waals surface area contributed by atoms with Gasteiger partial charge in [0.2, 0.25) is 11.8 Å². The van der Waals surface area contributed by atoms with Gasteiger partial charge >= 0.3 is 0 Å². The first kappa shape index (κ1) is 41.0. The molecule has 7 rings (SSSR count). The molecular formula is C46H58N8O4. The zero-order valence-corrected chi connectivity index (χ0v) is 34.6. The van der Waals surface area contributed by atoms with Crippen LogP contribution in [0.15, 0.2) is 37.4 Å². The van der Waals surface area contributed by atoms with Gasteiger partial charge in [0.1, 0.15) is 0 Å². The van der Waals surface area contributed by atoms with E-state index in [2.05, 4.69) is 89.5 Å². The second kappa shape index (κ2) is 18.6. The number of amides is 2. The van der Waals surface area contributed by atoms with Gasteiger partial charge in [-0.2, -0.15) is 0 Å². The number of aromatic amines is 2. The smallest absolute Gasteiger partial charge is 0.220 e. The van der Waals surface area contributed by atoms with Crippen molar-refractivity contribution < 1.29 is 19.1 Å². The molecule has 12 nitrogen and oxygen atoms in total. The Kier molecular flexibility index (Phi) is 13.2. The summed E-state index contributed by atoms with van der Waals surface area (Å²) in [6, 6.07) is 8.35. The number of hydrogen-bond acceptors (Lipinski definition) is 8. The third-order valence-corrected chi connectivity index (χ3v) is 12.0. The summed E-state index contributed by atoms with van der Waals surface area (Å²) in [5.74, 6) is 0.0226. The summed E-state index contributed by atoms with van der Waals surface area (Å²) in [4.78, 5) is 48.8. The van der Waals surface area contributed by atoms with Crippen molar-refractivity contribution in [2.75, 3.05) is 78.8 Å². The van der Waals surface area contributed by atoms with Gasteiger partial charge in [-0.1, -0.05) is 25.3 Å². The number of aryl methyl sites for hydroxylation is 2. The second-order valence-corrected chi connectivity index (χ2v) is 15.5. The highest BCUT2D eigenvalue weighted by Crippen LogP contribution is 2.38. The van der Waals surface area contributed by atoms with Gasteiger partial charge in [0, 0.05) is 98.4 Å². The van der Waals surface area contributed by atoms with Crippen LogP contribution in [0.3, 0.4) is 0 Å². The standard InChI is InChI=1S/C46H58N8O4/c1-7-33-29(3)37-25-38-31(5)35(9-11-45(55)47-13-15-53-17-21-57-22-18-53)43(51-38)28-44-36(10-12-46(56)48-14-16-54-19-23-58-24-20-54)32(6)40(52-44)27-42-34(8-2)30(4)39(50-42)26-41(33)49-37/h7-8,25-28,49-50H,1-2,9-24H2,3-6H3,(H,47,55)(H,48,56). The van der Waals surface area contributed by atoms with Crippen LogP contribution in [-0.4, -0.2) is 120 Å². The highest BCUT2D eigenvalue weighted by Gasteiger charge is 2.23. The molecule has 58 heavy (non-hydrogen) atoms. The molecule has 8 bridgehead atoms. The topological polar surface area (TPSA) is 140 Å². The minimum Gasteiger partial charge on any atom is -0.379 e. The third kappa shape index (κ3) is 9.26. The first-order valence-corrected chi connectivity index (χ1v) is 20.7. The molecule has 0 atom stereocenters. The lowest BCUT2D eigenvalue weighted by atomic mass is 9.98. The molecule has 2 fully saturated rings. The maximum absolute atomic E-state index is 13.2. The van der Waals surface area contributed by atoms with Crippen molar-refractivity contribution in [3.8, 4) is 0 Å². The Hall–Kier alpha value is -5.14. The molecule has 0 aromatic carbocycles. The van der Waals surface area contributed by atoms with Gasteiger partial charge in [0.25, 0.3) is 0 Å². The van der Waals surface area contributed by atoms with E-state index in [0.29, 0.717) is 38.8 Å². The number of morpholine rings is 2. The van der Waals surface area contributed by atoms with Crippen molar-refractivity contribution >= 4 is 68.3 Å². The number of carbonyl (C=O) groups excluding carboxylic acids is 2. The number of aromatic nitrogens is 4. The lowest BCUT2D eigenvalue weighted by Crippen LogP contribution is -2.41. The van der Waals surface area contributed by atoms with Crippen molar-refractivity contribution in [1.82, 2.24) is 40.4 Å². The van der Waals surface area contributed by atoms with Crippen LogP contribution in [0.2, 0.25) is 0 Å². The summed E-state index contributed by atoms with van der Waals surface area (Å²) < 4.78 is 10.9. The Bertz CT molecular complexity index is 2300. The van der Waals surface area contributed by atoms with E-state index in [4.69, 9.17) is 19.4 Å². The van der Waals surface area contributed by atoms with Crippen LogP contribution in [0.4, 0.5) is 0 Å².